The number of benzene rings is 1. The van der Waals surface area contributed by atoms with Gasteiger partial charge in [0.2, 0.25) is 0 Å². The molecule has 0 bridgehead atoms. The van der Waals surface area contributed by atoms with E-state index in [0.29, 0.717) is 0 Å². The molecule has 1 atom stereocenters. The summed E-state index contributed by atoms with van der Waals surface area (Å²) in [6.45, 7) is 4.85. The summed E-state index contributed by atoms with van der Waals surface area (Å²) >= 11 is 0. The minimum Gasteiger partial charge on any atom is -0.481 e. The molecule has 0 aliphatic heterocycles. The van der Waals surface area contributed by atoms with Crippen molar-refractivity contribution in [2.45, 2.75) is 45.3 Å². The molecule has 0 spiro atoms. The fourth-order valence-electron chi connectivity index (χ4n) is 1.72. The van der Waals surface area contributed by atoms with Gasteiger partial charge in [-0.25, -0.2) is 8.78 Å². The number of amides is 1. The topological polar surface area (TPSA) is 75.6 Å². The first-order valence-electron chi connectivity index (χ1n) is 6.76. The van der Waals surface area contributed by atoms with Crippen LogP contribution in [0.4, 0.5) is 8.78 Å². The quantitative estimate of drug-likeness (QED) is 0.810. The maximum absolute atomic E-state index is 13.1. The summed E-state index contributed by atoms with van der Waals surface area (Å²) in [5, 5.41) is 11.3. The fourth-order valence-corrected chi connectivity index (χ4v) is 1.72. The van der Waals surface area contributed by atoms with Crippen molar-refractivity contribution < 1.29 is 28.2 Å². The molecule has 5 nitrogen and oxygen atoms in total. The highest BCUT2D eigenvalue weighted by molar-refractivity contribution is 5.81. The second-order valence-corrected chi connectivity index (χ2v) is 5.60. The first kappa shape index (κ1) is 17.9. The average molecular weight is 315 g/mol. The van der Waals surface area contributed by atoms with E-state index in [1.807, 2.05) is 0 Å². The number of carbonyl (C=O) groups excluding carboxylic acids is 1. The molecule has 0 aromatic heterocycles. The molecule has 22 heavy (non-hydrogen) atoms. The molecule has 1 aromatic rings. The smallest absolute Gasteiger partial charge is 0.303 e. The molecule has 0 fully saturated rings. The van der Waals surface area contributed by atoms with Crippen LogP contribution in [-0.4, -0.2) is 28.6 Å². The molecule has 0 heterocycles. The van der Waals surface area contributed by atoms with E-state index in [0.717, 1.165) is 12.1 Å². The summed E-state index contributed by atoms with van der Waals surface area (Å²) in [5.74, 6) is -3.45. The molecule has 1 aromatic carbocycles. The standard InChI is InChI=1S/C15H19F2NO4/c1-9(22-10-4-5-11(16)12(17)8-10)14(21)18-15(2,3)7-6-13(19)20/h4-5,8-9H,6-7H2,1-3H3,(H,18,21)(H,19,20). The Balaban J connectivity index is 2.60. The Morgan fingerprint density at radius 2 is 1.95 bits per heavy atom. The van der Waals surface area contributed by atoms with Crippen molar-refractivity contribution in [3.8, 4) is 5.75 Å². The highest BCUT2D eigenvalue weighted by atomic mass is 19.2. The summed E-state index contributed by atoms with van der Waals surface area (Å²) < 4.78 is 31.1. The molecule has 0 saturated heterocycles. The maximum atomic E-state index is 13.1. The van der Waals surface area contributed by atoms with Crippen LogP contribution in [0.15, 0.2) is 18.2 Å². The summed E-state index contributed by atoms with van der Waals surface area (Å²) in [6, 6.07) is 2.98. The maximum Gasteiger partial charge on any atom is 0.303 e. The van der Waals surface area contributed by atoms with E-state index >= 15 is 0 Å². The normalized spacial score (nSPS) is 12.6. The van der Waals surface area contributed by atoms with Crippen LogP contribution in [0.2, 0.25) is 0 Å². The zero-order valence-corrected chi connectivity index (χ0v) is 12.7. The van der Waals surface area contributed by atoms with Gasteiger partial charge in [-0.05, 0) is 39.3 Å². The molecule has 0 aliphatic rings. The van der Waals surface area contributed by atoms with Gasteiger partial charge in [-0.15, -0.1) is 0 Å². The van der Waals surface area contributed by atoms with Crippen LogP contribution in [-0.2, 0) is 9.59 Å². The number of hydrogen-bond donors (Lipinski definition) is 2. The summed E-state index contributed by atoms with van der Waals surface area (Å²) in [7, 11) is 0. The van der Waals surface area contributed by atoms with Crippen molar-refractivity contribution in [2.75, 3.05) is 0 Å². The van der Waals surface area contributed by atoms with E-state index in [-0.39, 0.29) is 18.6 Å². The number of carboxylic acids is 1. The molecule has 122 valence electrons. The van der Waals surface area contributed by atoms with Gasteiger partial charge in [-0.2, -0.15) is 0 Å². The molecule has 2 N–H and O–H groups in total. The van der Waals surface area contributed by atoms with Gasteiger partial charge < -0.3 is 15.2 Å². The molecule has 1 amide bonds. The zero-order valence-electron chi connectivity index (χ0n) is 12.7. The SMILES string of the molecule is CC(Oc1ccc(F)c(F)c1)C(=O)NC(C)(C)CCC(=O)O. The van der Waals surface area contributed by atoms with E-state index in [1.54, 1.807) is 13.8 Å². The third-order valence-corrected chi connectivity index (χ3v) is 3.00. The lowest BCUT2D eigenvalue weighted by Crippen LogP contribution is -2.48. The molecule has 0 radical (unpaired) electrons. The molecule has 1 rings (SSSR count). The largest absolute Gasteiger partial charge is 0.481 e. The lowest BCUT2D eigenvalue weighted by atomic mass is 9.98. The van der Waals surface area contributed by atoms with Crippen LogP contribution in [0.5, 0.6) is 5.75 Å². The van der Waals surface area contributed by atoms with Crippen molar-refractivity contribution >= 4 is 11.9 Å². The molecule has 0 saturated carbocycles. The molecular formula is C15H19F2NO4. The monoisotopic (exact) mass is 315 g/mol. The minimum absolute atomic E-state index is 0.0323. The number of halogens is 2. The Morgan fingerprint density at radius 1 is 1.32 bits per heavy atom. The number of carboxylic acid groups (broad SMARTS) is 1. The molecule has 0 aliphatic carbocycles. The van der Waals surface area contributed by atoms with Crippen LogP contribution in [0.1, 0.15) is 33.6 Å². The van der Waals surface area contributed by atoms with Gasteiger partial charge in [0, 0.05) is 18.0 Å². The number of hydrogen-bond acceptors (Lipinski definition) is 3. The van der Waals surface area contributed by atoms with E-state index in [1.165, 1.54) is 13.0 Å². The van der Waals surface area contributed by atoms with Crippen molar-refractivity contribution in [2.24, 2.45) is 0 Å². The van der Waals surface area contributed by atoms with Gasteiger partial charge in [-0.1, -0.05) is 0 Å². The van der Waals surface area contributed by atoms with Crippen molar-refractivity contribution in [1.82, 2.24) is 5.32 Å². The number of rotatable bonds is 7. The van der Waals surface area contributed by atoms with Gasteiger partial charge in [0.25, 0.3) is 5.91 Å². The lowest BCUT2D eigenvalue weighted by molar-refractivity contribution is -0.138. The number of ether oxygens (including phenoxy) is 1. The predicted octanol–water partition coefficient (Wildman–Crippen LogP) is 2.49. The van der Waals surface area contributed by atoms with Gasteiger partial charge in [0.1, 0.15) is 5.75 Å². The Hall–Kier alpha value is -2.18. The third kappa shape index (κ3) is 5.67. The summed E-state index contributed by atoms with van der Waals surface area (Å²) in [6.07, 6.45) is -0.758. The number of nitrogens with one attached hydrogen (secondary N) is 1. The Morgan fingerprint density at radius 3 is 2.50 bits per heavy atom. The third-order valence-electron chi connectivity index (χ3n) is 3.00. The number of carbonyl (C=O) groups is 2. The number of aliphatic carboxylic acids is 1. The van der Waals surface area contributed by atoms with Crippen molar-refractivity contribution in [3.05, 3.63) is 29.8 Å². The molecule has 1 unspecified atom stereocenters. The first-order valence-corrected chi connectivity index (χ1v) is 6.76. The second kappa shape index (κ2) is 7.20. The Bertz CT molecular complexity index is 560. The minimum atomic E-state index is -1.06. The van der Waals surface area contributed by atoms with Crippen LogP contribution in [0, 0.1) is 11.6 Å². The Kier molecular flexibility index (Phi) is 5.84. The molecule has 7 heteroatoms. The van der Waals surface area contributed by atoms with Crippen LogP contribution >= 0.6 is 0 Å². The van der Waals surface area contributed by atoms with Crippen LogP contribution in [0.25, 0.3) is 0 Å². The van der Waals surface area contributed by atoms with E-state index in [2.05, 4.69) is 5.32 Å². The van der Waals surface area contributed by atoms with Gasteiger partial charge in [0.05, 0.1) is 0 Å². The lowest BCUT2D eigenvalue weighted by Gasteiger charge is -2.27. The Labute approximate surface area is 127 Å². The predicted molar refractivity (Wildman–Crippen MR) is 75.5 cm³/mol. The zero-order chi connectivity index (χ0) is 16.9. The molecular weight excluding hydrogens is 296 g/mol. The van der Waals surface area contributed by atoms with Crippen molar-refractivity contribution in [1.29, 1.82) is 0 Å². The van der Waals surface area contributed by atoms with Gasteiger partial charge in [0.15, 0.2) is 17.7 Å². The highest BCUT2D eigenvalue weighted by Gasteiger charge is 2.25. The second-order valence-electron chi connectivity index (χ2n) is 5.60. The van der Waals surface area contributed by atoms with E-state index in [9.17, 15) is 18.4 Å². The summed E-state index contributed by atoms with van der Waals surface area (Å²) in [4.78, 5) is 22.6. The van der Waals surface area contributed by atoms with E-state index in [4.69, 9.17) is 9.84 Å². The average Bonchev–Trinajstić information content (AvgIpc) is 2.40. The van der Waals surface area contributed by atoms with Gasteiger partial charge in [-0.3, -0.25) is 9.59 Å². The summed E-state index contributed by atoms with van der Waals surface area (Å²) in [5.41, 5.74) is -0.721. The van der Waals surface area contributed by atoms with Crippen LogP contribution in [0.3, 0.4) is 0 Å². The van der Waals surface area contributed by atoms with Gasteiger partial charge >= 0.3 is 5.97 Å². The fraction of sp³-hybridized carbons (Fsp3) is 0.467. The van der Waals surface area contributed by atoms with Crippen LogP contribution < -0.4 is 10.1 Å². The van der Waals surface area contributed by atoms with Crippen molar-refractivity contribution in [3.63, 3.8) is 0 Å². The highest BCUT2D eigenvalue weighted by Crippen LogP contribution is 2.17. The van der Waals surface area contributed by atoms with E-state index < -0.39 is 35.2 Å². The first-order chi connectivity index (χ1) is 10.1.